The van der Waals surface area contributed by atoms with E-state index in [9.17, 15) is 9.59 Å². The van der Waals surface area contributed by atoms with Gasteiger partial charge in [-0.15, -0.1) is 0 Å². The van der Waals surface area contributed by atoms with Crippen LogP contribution in [0.2, 0.25) is 5.02 Å². The van der Waals surface area contributed by atoms with Gasteiger partial charge in [-0.25, -0.2) is 4.68 Å². The lowest BCUT2D eigenvalue weighted by molar-refractivity contribution is -0.119. The third-order valence-corrected chi connectivity index (χ3v) is 3.97. The number of carbonyl (C=O) groups is 1. The highest BCUT2D eigenvalue weighted by atomic mass is 35.5. The summed E-state index contributed by atoms with van der Waals surface area (Å²) in [7, 11) is 0. The standard InChI is InChI=1S/C19H16ClN3O2/c1-13(19(25)21-16-9-5-8-15(20)12-16)23-18(24)11-10-17(22-23)14-6-3-2-4-7-14/h2-13H,1H3,(H,21,25). The van der Waals surface area contributed by atoms with Gasteiger partial charge >= 0.3 is 0 Å². The number of hydrogen-bond acceptors (Lipinski definition) is 3. The predicted molar refractivity (Wildman–Crippen MR) is 98.7 cm³/mol. The first-order chi connectivity index (χ1) is 12.0. The Balaban J connectivity index is 1.87. The van der Waals surface area contributed by atoms with Crippen molar-refractivity contribution in [2.24, 2.45) is 0 Å². The quantitative estimate of drug-likeness (QED) is 0.776. The van der Waals surface area contributed by atoms with Crippen LogP contribution in [0.15, 0.2) is 71.5 Å². The van der Waals surface area contributed by atoms with E-state index >= 15 is 0 Å². The topological polar surface area (TPSA) is 64.0 Å². The Morgan fingerprint density at radius 2 is 1.84 bits per heavy atom. The first kappa shape index (κ1) is 16.9. The van der Waals surface area contributed by atoms with Crippen molar-refractivity contribution < 1.29 is 4.79 Å². The fraction of sp³-hybridized carbons (Fsp3) is 0.105. The zero-order chi connectivity index (χ0) is 17.8. The highest BCUT2D eigenvalue weighted by molar-refractivity contribution is 6.30. The summed E-state index contributed by atoms with van der Waals surface area (Å²) in [5, 5.41) is 7.60. The van der Waals surface area contributed by atoms with Gasteiger partial charge in [0.2, 0.25) is 5.91 Å². The summed E-state index contributed by atoms with van der Waals surface area (Å²) in [6, 6.07) is 18.6. The van der Waals surface area contributed by atoms with E-state index in [1.807, 2.05) is 30.3 Å². The SMILES string of the molecule is CC(C(=O)Nc1cccc(Cl)c1)n1nc(-c2ccccc2)ccc1=O. The van der Waals surface area contributed by atoms with Gasteiger partial charge in [0.15, 0.2) is 0 Å². The van der Waals surface area contributed by atoms with Crippen molar-refractivity contribution >= 4 is 23.2 Å². The maximum atomic E-state index is 12.5. The summed E-state index contributed by atoms with van der Waals surface area (Å²) in [6.07, 6.45) is 0. The monoisotopic (exact) mass is 353 g/mol. The molecule has 6 heteroatoms. The molecule has 126 valence electrons. The molecule has 5 nitrogen and oxygen atoms in total. The normalized spacial score (nSPS) is 11.8. The van der Waals surface area contributed by atoms with Crippen LogP contribution < -0.4 is 10.9 Å². The van der Waals surface area contributed by atoms with Gasteiger partial charge in [0.05, 0.1) is 5.69 Å². The molecular formula is C19H16ClN3O2. The smallest absolute Gasteiger partial charge is 0.267 e. The van der Waals surface area contributed by atoms with Crippen molar-refractivity contribution in [3.63, 3.8) is 0 Å². The van der Waals surface area contributed by atoms with Gasteiger partial charge in [-0.2, -0.15) is 5.10 Å². The maximum Gasteiger partial charge on any atom is 0.267 e. The second-order valence-electron chi connectivity index (χ2n) is 5.54. The highest BCUT2D eigenvalue weighted by Crippen LogP contribution is 2.18. The molecule has 1 N–H and O–H groups in total. The van der Waals surface area contributed by atoms with Crippen LogP contribution in [0.3, 0.4) is 0 Å². The lowest BCUT2D eigenvalue weighted by Crippen LogP contribution is -2.33. The zero-order valence-electron chi connectivity index (χ0n) is 13.5. The van der Waals surface area contributed by atoms with Crippen molar-refractivity contribution in [1.29, 1.82) is 0 Å². The van der Waals surface area contributed by atoms with E-state index in [1.165, 1.54) is 10.7 Å². The van der Waals surface area contributed by atoms with Crippen molar-refractivity contribution in [1.82, 2.24) is 9.78 Å². The summed E-state index contributed by atoms with van der Waals surface area (Å²) >= 11 is 5.92. The highest BCUT2D eigenvalue weighted by Gasteiger charge is 2.18. The molecule has 1 amide bonds. The largest absolute Gasteiger partial charge is 0.324 e. The summed E-state index contributed by atoms with van der Waals surface area (Å²) < 4.78 is 1.18. The van der Waals surface area contributed by atoms with Gasteiger partial charge in [0, 0.05) is 22.3 Å². The van der Waals surface area contributed by atoms with E-state index in [2.05, 4.69) is 10.4 Å². The Morgan fingerprint density at radius 3 is 2.56 bits per heavy atom. The number of aromatic nitrogens is 2. The summed E-state index contributed by atoms with van der Waals surface area (Å²) in [6.45, 7) is 1.63. The minimum absolute atomic E-state index is 0.339. The second kappa shape index (κ2) is 7.32. The molecule has 3 rings (SSSR count). The Labute approximate surface area is 149 Å². The van der Waals surface area contributed by atoms with Gasteiger partial charge in [-0.1, -0.05) is 48.0 Å². The molecule has 0 saturated heterocycles. The molecule has 25 heavy (non-hydrogen) atoms. The average molecular weight is 354 g/mol. The van der Waals surface area contributed by atoms with Crippen molar-refractivity contribution in [3.8, 4) is 11.3 Å². The second-order valence-corrected chi connectivity index (χ2v) is 5.98. The molecule has 1 unspecified atom stereocenters. The number of halogens is 1. The van der Waals surface area contributed by atoms with E-state index in [4.69, 9.17) is 11.6 Å². The minimum Gasteiger partial charge on any atom is -0.324 e. The van der Waals surface area contributed by atoms with Crippen LogP contribution >= 0.6 is 11.6 Å². The number of nitrogens with one attached hydrogen (secondary N) is 1. The fourth-order valence-corrected chi connectivity index (χ4v) is 2.58. The third-order valence-electron chi connectivity index (χ3n) is 3.73. The Morgan fingerprint density at radius 1 is 1.08 bits per heavy atom. The molecule has 0 spiro atoms. The van der Waals surface area contributed by atoms with Crippen molar-refractivity contribution in [2.75, 3.05) is 5.32 Å². The molecular weight excluding hydrogens is 338 g/mol. The fourth-order valence-electron chi connectivity index (χ4n) is 2.39. The Kier molecular flexibility index (Phi) is 4.95. The van der Waals surface area contributed by atoms with Crippen LogP contribution in [0.1, 0.15) is 13.0 Å². The lowest BCUT2D eigenvalue weighted by atomic mass is 10.1. The molecule has 0 saturated carbocycles. The molecule has 0 fully saturated rings. The van der Waals surface area contributed by atoms with E-state index in [0.29, 0.717) is 16.4 Å². The van der Waals surface area contributed by atoms with Crippen LogP contribution in [0.5, 0.6) is 0 Å². The minimum atomic E-state index is -0.768. The number of anilines is 1. The van der Waals surface area contributed by atoms with E-state index in [0.717, 1.165) is 5.56 Å². The van der Waals surface area contributed by atoms with Crippen LogP contribution in [0.25, 0.3) is 11.3 Å². The first-order valence-corrected chi connectivity index (χ1v) is 8.14. The molecule has 1 aromatic heterocycles. The van der Waals surface area contributed by atoms with Gasteiger partial charge < -0.3 is 5.32 Å². The molecule has 0 aliphatic carbocycles. The number of amides is 1. The van der Waals surface area contributed by atoms with Crippen LogP contribution in [0.4, 0.5) is 5.69 Å². The molecule has 0 radical (unpaired) electrons. The summed E-state index contributed by atoms with van der Waals surface area (Å²) in [5.41, 5.74) is 1.73. The molecule has 3 aromatic rings. The van der Waals surface area contributed by atoms with E-state index in [1.54, 1.807) is 37.3 Å². The molecule has 0 aliphatic rings. The van der Waals surface area contributed by atoms with Gasteiger partial charge in [0.25, 0.3) is 5.56 Å². The number of benzene rings is 2. The first-order valence-electron chi connectivity index (χ1n) is 7.76. The molecule has 1 heterocycles. The summed E-state index contributed by atoms with van der Waals surface area (Å²) in [4.78, 5) is 24.6. The molecule has 2 aromatic carbocycles. The van der Waals surface area contributed by atoms with Crippen LogP contribution in [-0.2, 0) is 4.79 Å². The van der Waals surface area contributed by atoms with Crippen molar-refractivity contribution in [2.45, 2.75) is 13.0 Å². The number of rotatable bonds is 4. The zero-order valence-corrected chi connectivity index (χ0v) is 14.3. The Hall–Kier alpha value is -2.92. The Bertz CT molecular complexity index is 954. The van der Waals surface area contributed by atoms with Gasteiger partial charge in [-0.3, -0.25) is 9.59 Å². The summed E-state index contributed by atoms with van der Waals surface area (Å²) in [5.74, 6) is -0.345. The van der Waals surface area contributed by atoms with Crippen molar-refractivity contribution in [3.05, 3.63) is 82.1 Å². The third kappa shape index (κ3) is 3.95. The van der Waals surface area contributed by atoms with Gasteiger partial charge in [-0.05, 0) is 31.2 Å². The molecule has 0 aliphatic heterocycles. The predicted octanol–water partition coefficient (Wildman–Crippen LogP) is 3.76. The van der Waals surface area contributed by atoms with Crippen LogP contribution in [-0.4, -0.2) is 15.7 Å². The van der Waals surface area contributed by atoms with Gasteiger partial charge in [0.1, 0.15) is 6.04 Å². The lowest BCUT2D eigenvalue weighted by Gasteiger charge is -2.15. The van der Waals surface area contributed by atoms with E-state index < -0.39 is 6.04 Å². The number of nitrogens with zero attached hydrogens (tertiary/aromatic N) is 2. The number of carbonyl (C=O) groups excluding carboxylic acids is 1. The van der Waals surface area contributed by atoms with Crippen LogP contribution in [0, 0.1) is 0 Å². The molecule has 0 bridgehead atoms. The number of hydrogen-bond donors (Lipinski definition) is 1. The molecule has 1 atom stereocenters. The van der Waals surface area contributed by atoms with E-state index in [-0.39, 0.29) is 11.5 Å². The maximum absolute atomic E-state index is 12.5. The average Bonchev–Trinajstić information content (AvgIpc) is 2.62.